The third-order valence-corrected chi connectivity index (χ3v) is 4.28. The molecule has 0 aromatic heterocycles. The first kappa shape index (κ1) is 19.9. The zero-order valence-electron chi connectivity index (χ0n) is 15.7. The van der Waals surface area contributed by atoms with Crippen LogP contribution >= 0.6 is 12.2 Å². The first-order valence-corrected chi connectivity index (χ1v) is 9.29. The quantitative estimate of drug-likeness (QED) is 0.514. The molecular weight excluding hydrogens is 344 g/mol. The maximum Gasteiger partial charge on any atom is 0.338 e. The van der Waals surface area contributed by atoms with Crippen LogP contribution in [-0.4, -0.2) is 17.2 Å². The van der Waals surface area contributed by atoms with E-state index in [-0.39, 0.29) is 12.1 Å². The minimum absolute atomic E-state index is 0.135. The second-order valence-corrected chi connectivity index (χ2v) is 6.95. The van der Waals surface area contributed by atoms with Crippen molar-refractivity contribution in [1.82, 2.24) is 0 Å². The molecule has 0 radical (unpaired) electrons. The lowest BCUT2D eigenvalue weighted by atomic mass is 9.99. The topological polar surface area (TPSA) is 50.4 Å². The van der Waals surface area contributed by atoms with Gasteiger partial charge in [0.15, 0.2) is 5.11 Å². The number of hydrogen-bond acceptors (Lipinski definition) is 3. The number of anilines is 2. The van der Waals surface area contributed by atoms with Gasteiger partial charge < -0.3 is 15.4 Å². The number of carbonyl (C=O) groups excluding carboxylic acids is 1. The fraction of sp³-hybridized carbons (Fsp3) is 0.333. The largest absolute Gasteiger partial charge is 0.459 e. The van der Waals surface area contributed by atoms with Crippen LogP contribution in [0.25, 0.3) is 0 Å². The van der Waals surface area contributed by atoms with Gasteiger partial charge in [0.25, 0.3) is 0 Å². The Kier molecular flexibility index (Phi) is 7.16. The molecule has 0 aliphatic carbocycles. The van der Waals surface area contributed by atoms with Gasteiger partial charge in [-0.15, -0.1) is 0 Å². The third kappa shape index (κ3) is 5.85. The number of benzene rings is 2. The van der Waals surface area contributed by atoms with Gasteiger partial charge in [0.05, 0.1) is 11.7 Å². The van der Waals surface area contributed by atoms with E-state index in [1.54, 1.807) is 24.3 Å². The van der Waals surface area contributed by atoms with E-state index in [0.717, 1.165) is 17.8 Å². The van der Waals surface area contributed by atoms with E-state index in [1.807, 2.05) is 26.0 Å². The number of esters is 1. The van der Waals surface area contributed by atoms with Crippen molar-refractivity contribution in [3.63, 3.8) is 0 Å². The highest BCUT2D eigenvalue weighted by molar-refractivity contribution is 7.80. The van der Waals surface area contributed by atoms with E-state index in [2.05, 4.69) is 36.6 Å². The van der Waals surface area contributed by atoms with Crippen molar-refractivity contribution >= 4 is 34.7 Å². The molecule has 0 aliphatic heterocycles. The summed E-state index contributed by atoms with van der Waals surface area (Å²) in [4.78, 5) is 11.8. The van der Waals surface area contributed by atoms with E-state index in [1.165, 1.54) is 5.56 Å². The lowest BCUT2D eigenvalue weighted by Crippen LogP contribution is -2.19. The fourth-order valence-corrected chi connectivity index (χ4v) is 2.63. The Morgan fingerprint density at radius 3 is 1.92 bits per heavy atom. The van der Waals surface area contributed by atoms with Gasteiger partial charge in [-0.05, 0) is 80.4 Å². The molecule has 0 fully saturated rings. The second-order valence-electron chi connectivity index (χ2n) is 6.54. The van der Waals surface area contributed by atoms with E-state index >= 15 is 0 Å². The van der Waals surface area contributed by atoms with Gasteiger partial charge in [-0.3, -0.25) is 0 Å². The van der Waals surface area contributed by atoms with Crippen LogP contribution in [0.15, 0.2) is 48.5 Å². The molecule has 1 atom stereocenters. The molecule has 0 saturated heterocycles. The monoisotopic (exact) mass is 370 g/mol. The molecule has 0 saturated carbocycles. The summed E-state index contributed by atoms with van der Waals surface area (Å²) in [6.45, 7) is 8.06. The smallest absolute Gasteiger partial charge is 0.338 e. The molecular formula is C21H26N2O2S. The average Bonchev–Trinajstić information content (AvgIpc) is 2.61. The Hall–Kier alpha value is -2.40. The van der Waals surface area contributed by atoms with Crippen LogP contribution in [0.1, 0.15) is 56.0 Å². The summed E-state index contributed by atoms with van der Waals surface area (Å²) in [5.74, 6) is 0.226. The lowest BCUT2D eigenvalue weighted by Gasteiger charge is -2.13. The number of nitrogens with one attached hydrogen (secondary N) is 2. The van der Waals surface area contributed by atoms with Crippen LogP contribution in [0.3, 0.4) is 0 Å². The molecule has 0 heterocycles. The number of hydrogen-bond donors (Lipinski definition) is 2. The number of rotatable bonds is 6. The second kappa shape index (κ2) is 9.34. The zero-order chi connectivity index (χ0) is 19.1. The molecule has 2 aromatic carbocycles. The molecule has 4 nitrogen and oxygen atoms in total. The van der Waals surface area contributed by atoms with Crippen LogP contribution in [0.4, 0.5) is 11.4 Å². The van der Waals surface area contributed by atoms with Crippen molar-refractivity contribution in [2.24, 2.45) is 0 Å². The van der Waals surface area contributed by atoms with Crippen LogP contribution in [0.5, 0.6) is 0 Å². The molecule has 138 valence electrons. The van der Waals surface area contributed by atoms with Crippen LogP contribution in [0.2, 0.25) is 0 Å². The van der Waals surface area contributed by atoms with E-state index in [4.69, 9.17) is 17.0 Å². The van der Waals surface area contributed by atoms with Gasteiger partial charge in [0.2, 0.25) is 0 Å². The van der Waals surface area contributed by atoms with Crippen molar-refractivity contribution in [3.05, 3.63) is 59.7 Å². The molecule has 0 aliphatic rings. The lowest BCUT2D eigenvalue weighted by molar-refractivity contribution is 0.0378. The maximum absolute atomic E-state index is 11.8. The number of ether oxygens (including phenoxy) is 1. The van der Waals surface area contributed by atoms with Gasteiger partial charge in [-0.25, -0.2) is 4.79 Å². The van der Waals surface area contributed by atoms with Gasteiger partial charge in [0.1, 0.15) is 0 Å². The Labute approximate surface area is 161 Å². The molecule has 5 heteroatoms. The number of thiocarbonyl (C=S) groups is 1. The molecule has 0 amide bonds. The van der Waals surface area contributed by atoms with Crippen LogP contribution in [-0.2, 0) is 4.74 Å². The standard InChI is InChI=1S/C21H26N2O2S/c1-5-15(4)16-6-10-18(11-7-16)22-21(26)23-19-12-8-17(9-13-19)20(24)25-14(2)3/h6-15H,5H2,1-4H3,(H2,22,23,26)/t15-/m0/s1. The fourth-order valence-electron chi connectivity index (χ4n) is 2.40. The third-order valence-electron chi connectivity index (χ3n) is 4.07. The van der Waals surface area contributed by atoms with E-state index in [0.29, 0.717) is 16.6 Å². The normalized spacial score (nSPS) is 11.7. The minimum atomic E-state index is -0.325. The highest BCUT2D eigenvalue weighted by Crippen LogP contribution is 2.20. The predicted molar refractivity (Wildman–Crippen MR) is 112 cm³/mol. The first-order chi connectivity index (χ1) is 12.4. The Balaban J connectivity index is 1.92. The summed E-state index contributed by atoms with van der Waals surface area (Å²) in [6.07, 6.45) is 0.983. The zero-order valence-corrected chi connectivity index (χ0v) is 16.5. The first-order valence-electron chi connectivity index (χ1n) is 8.88. The van der Waals surface area contributed by atoms with Crippen molar-refractivity contribution in [2.45, 2.75) is 46.1 Å². The Morgan fingerprint density at radius 1 is 0.962 bits per heavy atom. The van der Waals surface area contributed by atoms with Crippen LogP contribution < -0.4 is 10.6 Å². The summed E-state index contributed by atoms with van der Waals surface area (Å²) in [5, 5.41) is 6.78. The summed E-state index contributed by atoms with van der Waals surface area (Å²) in [7, 11) is 0. The van der Waals surface area contributed by atoms with E-state index in [9.17, 15) is 4.79 Å². The molecule has 0 spiro atoms. The Bertz CT molecular complexity index is 740. The summed E-state index contributed by atoms with van der Waals surface area (Å²) >= 11 is 5.35. The Morgan fingerprint density at radius 2 is 1.46 bits per heavy atom. The summed E-state index contributed by atoms with van der Waals surface area (Å²) in [5.41, 5.74) is 3.58. The average molecular weight is 371 g/mol. The maximum atomic E-state index is 11.8. The molecule has 0 unspecified atom stereocenters. The number of carbonyl (C=O) groups is 1. The highest BCUT2D eigenvalue weighted by Gasteiger charge is 2.09. The van der Waals surface area contributed by atoms with Gasteiger partial charge in [0, 0.05) is 11.4 Å². The predicted octanol–water partition coefficient (Wildman–Crippen LogP) is 5.57. The van der Waals surface area contributed by atoms with Crippen molar-refractivity contribution in [3.8, 4) is 0 Å². The van der Waals surface area contributed by atoms with Crippen molar-refractivity contribution < 1.29 is 9.53 Å². The van der Waals surface area contributed by atoms with E-state index < -0.39 is 0 Å². The van der Waals surface area contributed by atoms with Gasteiger partial charge >= 0.3 is 5.97 Å². The molecule has 2 rings (SSSR count). The summed E-state index contributed by atoms with van der Waals surface area (Å²) in [6, 6.07) is 15.3. The SMILES string of the molecule is CC[C@H](C)c1ccc(NC(=S)Nc2ccc(C(=O)OC(C)C)cc2)cc1. The van der Waals surface area contributed by atoms with Gasteiger partial charge in [-0.1, -0.05) is 26.0 Å². The molecule has 0 bridgehead atoms. The molecule has 26 heavy (non-hydrogen) atoms. The van der Waals surface area contributed by atoms with Crippen molar-refractivity contribution in [1.29, 1.82) is 0 Å². The highest BCUT2D eigenvalue weighted by atomic mass is 32.1. The summed E-state index contributed by atoms with van der Waals surface area (Å²) < 4.78 is 5.17. The molecule has 2 N–H and O–H groups in total. The van der Waals surface area contributed by atoms with Crippen molar-refractivity contribution in [2.75, 3.05) is 10.6 Å². The molecule has 2 aromatic rings. The minimum Gasteiger partial charge on any atom is -0.459 e. The van der Waals surface area contributed by atoms with Crippen LogP contribution in [0, 0.1) is 0 Å². The van der Waals surface area contributed by atoms with Gasteiger partial charge in [-0.2, -0.15) is 0 Å².